The number of phenolic OH excluding ortho intramolecular Hbond substituents is 1. The number of nitrogens with zero attached hydrogens (tertiary/aromatic N) is 2. The Hall–Kier alpha value is -3.90. The van der Waals surface area contributed by atoms with E-state index in [0.29, 0.717) is 17.9 Å². The Kier molecular flexibility index (Phi) is 9.01. The number of carbonyl (C=O) groups excluding carboxylic acids is 2. The van der Waals surface area contributed by atoms with Crippen molar-refractivity contribution in [3.8, 4) is 11.5 Å². The predicted molar refractivity (Wildman–Crippen MR) is 168 cm³/mol. The molecule has 11 nitrogen and oxygen atoms in total. The van der Waals surface area contributed by atoms with Crippen LogP contribution in [0, 0.1) is 11.8 Å². The highest BCUT2D eigenvalue weighted by molar-refractivity contribution is 6.11. The standard InChI is InChI=1S/C34H43N3O8/c1-6-37(13-12-18-10-8-7-9-11-18)17-20-16-23(38)25-21(30(20)44-4)14-19-15-22-27(36(2)3)29(40)26(33(35)43)32(42)34(22,45-5)31(41)24(19)28(25)39/h7-11,16,19,22,27,32,38-40,42H,6,12-15,17H2,1-5H3,(H2,35,43)/t19-,22-,27-,32?,34-/m0/s1. The minimum atomic E-state index is -2.01. The molecular weight excluding hydrogens is 578 g/mol. The molecule has 2 aromatic carbocycles. The molecule has 0 radical (unpaired) electrons. The Morgan fingerprint density at radius 2 is 1.82 bits per heavy atom. The molecule has 0 bridgehead atoms. The predicted octanol–water partition coefficient (Wildman–Crippen LogP) is 2.48. The lowest BCUT2D eigenvalue weighted by Gasteiger charge is -2.54. The van der Waals surface area contributed by atoms with Crippen LogP contribution >= 0.6 is 0 Å². The van der Waals surface area contributed by atoms with E-state index < -0.39 is 58.4 Å². The molecule has 0 spiro atoms. The van der Waals surface area contributed by atoms with Gasteiger partial charge in [-0.25, -0.2) is 0 Å². The van der Waals surface area contributed by atoms with Crippen LogP contribution in [0.5, 0.6) is 11.5 Å². The SMILES string of the molecule is CCN(CCc1ccccc1)Cc1cc(O)c2c(c1OC)C[C@H]1C[C@H]3[C@H](N(C)C)C(O)=C(C(N)=O)C(O)[C@@]3(OC)C(=O)C1=C2O. The molecule has 5 rings (SSSR count). The zero-order valence-corrected chi connectivity index (χ0v) is 26.4. The third-order valence-corrected chi connectivity index (χ3v) is 9.86. The van der Waals surface area contributed by atoms with Crippen molar-refractivity contribution in [3.63, 3.8) is 0 Å². The first kappa shape index (κ1) is 32.5. The number of amides is 1. The molecule has 3 aliphatic rings. The molecule has 45 heavy (non-hydrogen) atoms. The molecule has 242 valence electrons. The molecule has 0 aliphatic heterocycles. The number of ketones is 1. The van der Waals surface area contributed by atoms with Crippen LogP contribution in [0.3, 0.4) is 0 Å². The maximum atomic E-state index is 14.4. The lowest BCUT2D eigenvalue weighted by Crippen LogP contribution is -2.69. The van der Waals surface area contributed by atoms with Crippen LogP contribution in [0.4, 0.5) is 0 Å². The van der Waals surface area contributed by atoms with E-state index in [1.807, 2.05) is 18.2 Å². The second-order valence-corrected chi connectivity index (χ2v) is 12.4. The number of aliphatic hydroxyl groups is 3. The monoisotopic (exact) mass is 621 g/mol. The average Bonchev–Trinajstić information content (AvgIpc) is 2.99. The van der Waals surface area contributed by atoms with Gasteiger partial charge in [0.2, 0.25) is 0 Å². The van der Waals surface area contributed by atoms with E-state index in [-0.39, 0.29) is 29.7 Å². The van der Waals surface area contributed by atoms with Crippen LogP contribution in [0.1, 0.15) is 35.6 Å². The summed E-state index contributed by atoms with van der Waals surface area (Å²) in [5.74, 6) is -3.67. The van der Waals surface area contributed by atoms with E-state index in [9.17, 15) is 30.0 Å². The molecule has 6 N–H and O–H groups in total. The smallest absolute Gasteiger partial charge is 0.250 e. The Labute approximate surface area is 263 Å². The summed E-state index contributed by atoms with van der Waals surface area (Å²) < 4.78 is 11.7. The molecule has 0 saturated heterocycles. The maximum absolute atomic E-state index is 14.4. The maximum Gasteiger partial charge on any atom is 0.250 e. The number of likely N-dealkylation sites (N-methyl/N-ethyl adjacent to an activating group) is 2. The molecule has 1 fully saturated rings. The van der Waals surface area contributed by atoms with Gasteiger partial charge in [-0.05, 0) is 57.5 Å². The van der Waals surface area contributed by atoms with E-state index in [0.717, 1.165) is 25.1 Å². The fraction of sp³-hybridized carbons (Fsp3) is 0.471. The van der Waals surface area contributed by atoms with E-state index in [2.05, 4.69) is 24.0 Å². The van der Waals surface area contributed by atoms with Crippen molar-refractivity contribution in [1.82, 2.24) is 9.80 Å². The van der Waals surface area contributed by atoms with Gasteiger partial charge in [0.1, 0.15) is 29.1 Å². The molecule has 5 atom stereocenters. The molecule has 0 heterocycles. The molecule has 1 unspecified atom stereocenters. The van der Waals surface area contributed by atoms with E-state index in [4.69, 9.17) is 15.2 Å². The van der Waals surface area contributed by atoms with E-state index in [1.165, 1.54) is 12.7 Å². The van der Waals surface area contributed by atoms with Crippen LogP contribution in [-0.4, -0.2) is 101 Å². The fourth-order valence-corrected chi connectivity index (χ4v) is 7.76. The van der Waals surface area contributed by atoms with Gasteiger partial charge in [0.05, 0.1) is 24.3 Å². The normalized spacial score (nSPS) is 26.2. The van der Waals surface area contributed by atoms with Crippen molar-refractivity contribution in [2.24, 2.45) is 17.6 Å². The molecule has 1 saturated carbocycles. The van der Waals surface area contributed by atoms with Gasteiger partial charge in [-0.2, -0.15) is 0 Å². The summed E-state index contributed by atoms with van der Waals surface area (Å²) in [5, 5.41) is 45.6. The first-order valence-corrected chi connectivity index (χ1v) is 15.2. The number of Topliss-reactive ketones (excluding diaryl/α,β-unsaturated/α-hetero) is 1. The number of methoxy groups -OCH3 is 2. The van der Waals surface area contributed by atoms with Crippen LogP contribution in [0.25, 0.3) is 5.76 Å². The average molecular weight is 622 g/mol. The van der Waals surface area contributed by atoms with Gasteiger partial charge in [0.25, 0.3) is 5.91 Å². The summed E-state index contributed by atoms with van der Waals surface area (Å²) in [6.45, 7) is 4.11. The lowest BCUT2D eigenvalue weighted by molar-refractivity contribution is -0.179. The van der Waals surface area contributed by atoms with Gasteiger partial charge >= 0.3 is 0 Å². The number of phenols is 1. The van der Waals surface area contributed by atoms with Crippen LogP contribution in [0.15, 0.2) is 53.3 Å². The van der Waals surface area contributed by atoms with Gasteiger partial charge in [-0.3, -0.25) is 19.4 Å². The van der Waals surface area contributed by atoms with Gasteiger partial charge in [0, 0.05) is 42.8 Å². The van der Waals surface area contributed by atoms with Crippen LogP contribution < -0.4 is 10.5 Å². The highest BCUT2D eigenvalue weighted by Crippen LogP contribution is 2.55. The first-order valence-electron chi connectivity index (χ1n) is 15.2. The number of carbonyl (C=O) groups is 2. The summed E-state index contributed by atoms with van der Waals surface area (Å²) in [6.07, 6.45) is -0.565. The third-order valence-electron chi connectivity index (χ3n) is 9.86. The minimum absolute atomic E-state index is 0.00878. The number of nitrogens with two attached hydrogens (primary N) is 1. The highest BCUT2D eigenvalue weighted by atomic mass is 16.5. The van der Waals surface area contributed by atoms with E-state index >= 15 is 0 Å². The van der Waals surface area contributed by atoms with Crippen molar-refractivity contribution in [1.29, 1.82) is 0 Å². The third kappa shape index (κ3) is 5.17. The van der Waals surface area contributed by atoms with Crippen molar-refractivity contribution < 1.29 is 39.5 Å². The topological polar surface area (TPSA) is 166 Å². The molecule has 11 heteroatoms. The molecule has 0 aromatic heterocycles. The largest absolute Gasteiger partial charge is 0.510 e. The van der Waals surface area contributed by atoms with E-state index in [1.54, 1.807) is 32.2 Å². The molecular formula is C34H43N3O8. The van der Waals surface area contributed by atoms with Gasteiger partial charge in [-0.15, -0.1) is 0 Å². The summed E-state index contributed by atoms with van der Waals surface area (Å²) in [4.78, 5) is 30.7. The van der Waals surface area contributed by atoms with Gasteiger partial charge < -0.3 is 35.6 Å². The Balaban J connectivity index is 1.58. The summed E-state index contributed by atoms with van der Waals surface area (Å²) >= 11 is 0. The Morgan fingerprint density at radius 3 is 2.40 bits per heavy atom. The summed E-state index contributed by atoms with van der Waals surface area (Å²) in [6, 6.07) is 10.9. The number of rotatable bonds is 10. The van der Waals surface area contributed by atoms with Gasteiger partial charge in [0.15, 0.2) is 11.4 Å². The number of ether oxygens (including phenoxy) is 2. The quantitative estimate of drug-likeness (QED) is 0.266. The zero-order chi connectivity index (χ0) is 32.8. The van der Waals surface area contributed by atoms with Crippen molar-refractivity contribution in [3.05, 3.63) is 75.6 Å². The second-order valence-electron chi connectivity index (χ2n) is 12.4. The molecule has 2 aromatic rings. The van der Waals surface area contributed by atoms with Gasteiger partial charge in [-0.1, -0.05) is 37.3 Å². The van der Waals surface area contributed by atoms with Crippen molar-refractivity contribution in [2.75, 3.05) is 41.4 Å². The Bertz CT molecular complexity index is 1550. The number of hydrogen-bond donors (Lipinski definition) is 5. The lowest BCUT2D eigenvalue weighted by atomic mass is 9.56. The van der Waals surface area contributed by atoms with Crippen molar-refractivity contribution in [2.45, 2.75) is 50.5 Å². The first-order chi connectivity index (χ1) is 21.4. The van der Waals surface area contributed by atoms with Crippen LogP contribution in [0.2, 0.25) is 0 Å². The summed E-state index contributed by atoms with van der Waals surface area (Å²) in [5.41, 5.74) is 5.68. The molecule has 1 amide bonds. The number of benzene rings is 2. The number of fused-ring (bicyclic) bond motifs is 3. The Morgan fingerprint density at radius 1 is 1.13 bits per heavy atom. The van der Waals surface area contributed by atoms with Crippen molar-refractivity contribution >= 4 is 17.4 Å². The zero-order valence-electron chi connectivity index (χ0n) is 26.4. The summed E-state index contributed by atoms with van der Waals surface area (Å²) in [7, 11) is 6.17. The highest BCUT2D eigenvalue weighted by Gasteiger charge is 2.66. The fourth-order valence-electron chi connectivity index (χ4n) is 7.76. The number of hydrogen-bond acceptors (Lipinski definition) is 10. The minimum Gasteiger partial charge on any atom is -0.510 e. The van der Waals surface area contributed by atoms with Crippen LogP contribution in [-0.2, 0) is 33.7 Å². The number of aromatic hydroxyl groups is 1. The second kappa shape index (κ2) is 12.5. The molecule has 3 aliphatic carbocycles. The number of aliphatic hydroxyl groups excluding tert-OH is 3. The number of primary amides is 1.